The number of hydrogen-bond donors (Lipinski definition) is 1. The second-order valence-electron chi connectivity index (χ2n) is 4.37. The molecule has 1 unspecified atom stereocenters. The van der Waals surface area contributed by atoms with Gasteiger partial charge in [-0.15, -0.1) is 0 Å². The van der Waals surface area contributed by atoms with Crippen molar-refractivity contribution in [1.29, 1.82) is 0 Å². The maximum atomic E-state index is 5.90. The van der Waals surface area contributed by atoms with Crippen LogP contribution in [0.1, 0.15) is 25.5 Å². The van der Waals surface area contributed by atoms with Gasteiger partial charge in [-0.3, -0.25) is 0 Å². The minimum atomic E-state index is 0.0626. The molecule has 0 aromatic heterocycles. The van der Waals surface area contributed by atoms with Crippen LogP contribution < -0.4 is 10.5 Å². The normalized spacial score (nSPS) is 12.2. The topological polar surface area (TPSA) is 35.2 Å². The maximum Gasteiger partial charge on any atom is 0.119 e. The Labute approximate surface area is 108 Å². The first-order valence-electron chi connectivity index (χ1n) is 6.29. The lowest BCUT2D eigenvalue weighted by Gasteiger charge is -2.09. The Kier molecular flexibility index (Phi) is 4.00. The van der Waals surface area contributed by atoms with Crippen LogP contribution in [0.25, 0.3) is 11.1 Å². The van der Waals surface area contributed by atoms with E-state index in [9.17, 15) is 0 Å². The fourth-order valence-corrected chi connectivity index (χ4v) is 1.91. The Balaban J connectivity index is 2.28. The summed E-state index contributed by atoms with van der Waals surface area (Å²) in [5.74, 6) is 0.907. The molecule has 0 saturated heterocycles. The van der Waals surface area contributed by atoms with E-state index in [1.54, 1.807) is 0 Å². The van der Waals surface area contributed by atoms with E-state index >= 15 is 0 Å². The zero-order valence-electron chi connectivity index (χ0n) is 10.9. The third-order valence-corrected chi connectivity index (χ3v) is 2.91. The van der Waals surface area contributed by atoms with Crippen LogP contribution in [0.4, 0.5) is 0 Å². The average molecular weight is 241 g/mol. The molecule has 2 aromatic rings. The standard InChI is InChI=1S/C16H19NO/c1-3-18-16-9-7-13(8-10-16)15-6-4-5-14(11-15)12(2)17/h4-12H,3,17H2,1-2H3. The van der Waals surface area contributed by atoms with Gasteiger partial charge in [-0.2, -0.15) is 0 Å². The van der Waals surface area contributed by atoms with Gasteiger partial charge in [0, 0.05) is 6.04 Å². The van der Waals surface area contributed by atoms with Gasteiger partial charge in [0.2, 0.25) is 0 Å². The Hall–Kier alpha value is -1.80. The van der Waals surface area contributed by atoms with E-state index < -0.39 is 0 Å². The van der Waals surface area contributed by atoms with Crippen LogP contribution in [0.15, 0.2) is 48.5 Å². The number of ether oxygens (including phenoxy) is 1. The molecule has 0 aliphatic heterocycles. The van der Waals surface area contributed by atoms with E-state index in [1.807, 2.05) is 32.0 Å². The molecule has 2 aromatic carbocycles. The number of hydrogen-bond acceptors (Lipinski definition) is 2. The summed E-state index contributed by atoms with van der Waals surface area (Å²) in [4.78, 5) is 0. The van der Waals surface area contributed by atoms with Gasteiger partial charge in [-0.25, -0.2) is 0 Å². The average Bonchev–Trinajstić information content (AvgIpc) is 2.40. The monoisotopic (exact) mass is 241 g/mol. The summed E-state index contributed by atoms with van der Waals surface area (Å²) in [5.41, 5.74) is 9.43. The molecule has 0 radical (unpaired) electrons. The first-order chi connectivity index (χ1) is 8.70. The van der Waals surface area contributed by atoms with E-state index in [0.29, 0.717) is 6.61 Å². The van der Waals surface area contributed by atoms with E-state index in [4.69, 9.17) is 10.5 Å². The van der Waals surface area contributed by atoms with Crippen LogP contribution in [0.2, 0.25) is 0 Å². The summed E-state index contributed by atoms with van der Waals surface area (Å²) in [7, 11) is 0. The Morgan fingerprint density at radius 3 is 2.39 bits per heavy atom. The highest BCUT2D eigenvalue weighted by atomic mass is 16.5. The highest BCUT2D eigenvalue weighted by Crippen LogP contribution is 2.24. The fourth-order valence-electron chi connectivity index (χ4n) is 1.91. The van der Waals surface area contributed by atoms with E-state index in [2.05, 4.69) is 30.3 Å². The molecule has 0 spiro atoms. The van der Waals surface area contributed by atoms with Gasteiger partial charge in [-0.05, 0) is 48.7 Å². The predicted molar refractivity (Wildman–Crippen MR) is 75.6 cm³/mol. The fraction of sp³-hybridized carbons (Fsp3) is 0.250. The van der Waals surface area contributed by atoms with Gasteiger partial charge in [0.1, 0.15) is 5.75 Å². The highest BCUT2D eigenvalue weighted by molar-refractivity contribution is 5.65. The summed E-state index contributed by atoms with van der Waals surface area (Å²) >= 11 is 0. The van der Waals surface area contributed by atoms with E-state index in [0.717, 1.165) is 11.3 Å². The molecule has 2 N–H and O–H groups in total. The van der Waals surface area contributed by atoms with Crippen LogP contribution in [-0.2, 0) is 0 Å². The van der Waals surface area contributed by atoms with Crippen molar-refractivity contribution in [3.63, 3.8) is 0 Å². The molecule has 18 heavy (non-hydrogen) atoms. The Bertz CT molecular complexity index is 503. The van der Waals surface area contributed by atoms with Crippen molar-refractivity contribution in [2.45, 2.75) is 19.9 Å². The smallest absolute Gasteiger partial charge is 0.119 e. The number of benzene rings is 2. The summed E-state index contributed by atoms with van der Waals surface area (Å²) < 4.78 is 5.44. The van der Waals surface area contributed by atoms with Crippen molar-refractivity contribution in [3.8, 4) is 16.9 Å². The van der Waals surface area contributed by atoms with Crippen LogP contribution in [0.5, 0.6) is 5.75 Å². The second-order valence-corrected chi connectivity index (χ2v) is 4.37. The maximum absolute atomic E-state index is 5.90. The predicted octanol–water partition coefficient (Wildman–Crippen LogP) is 3.77. The molecule has 2 rings (SSSR count). The van der Waals surface area contributed by atoms with Crippen LogP contribution in [-0.4, -0.2) is 6.61 Å². The zero-order chi connectivity index (χ0) is 13.0. The molecule has 0 fully saturated rings. The first-order valence-corrected chi connectivity index (χ1v) is 6.29. The van der Waals surface area contributed by atoms with Gasteiger partial charge in [-0.1, -0.05) is 30.3 Å². The molecule has 1 atom stereocenters. The van der Waals surface area contributed by atoms with Crippen molar-refractivity contribution in [1.82, 2.24) is 0 Å². The number of rotatable bonds is 4. The zero-order valence-corrected chi connectivity index (χ0v) is 10.9. The quantitative estimate of drug-likeness (QED) is 0.884. The summed E-state index contributed by atoms with van der Waals surface area (Å²) in [6.45, 7) is 4.68. The lowest BCUT2D eigenvalue weighted by molar-refractivity contribution is 0.340. The summed E-state index contributed by atoms with van der Waals surface area (Å²) in [6.07, 6.45) is 0. The van der Waals surface area contributed by atoms with Crippen molar-refractivity contribution >= 4 is 0 Å². The van der Waals surface area contributed by atoms with Gasteiger partial charge in [0.25, 0.3) is 0 Å². The molecular formula is C16H19NO. The lowest BCUT2D eigenvalue weighted by Crippen LogP contribution is -2.04. The SMILES string of the molecule is CCOc1ccc(-c2cccc(C(C)N)c2)cc1. The number of nitrogens with two attached hydrogens (primary N) is 1. The van der Waals surface area contributed by atoms with Crippen molar-refractivity contribution in [2.24, 2.45) is 5.73 Å². The van der Waals surface area contributed by atoms with E-state index in [1.165, 1.54) is 11.1 Å². The van der Waals surface area contributed by atoms with Gasteiger partial charge in [0.05, 0.1) is 6.61 Å². The van der Waals surface area contributed by atoms with Crippen LogP contribution >= 0.6 is 0 Å². The molecular weight excluding hydrogens is 222 g/mol. The molecule has 0 bridgehead atoms. The molecule has 0 heterocycles. The summed E-state index contributed by atoms with van der Waals surface area (Å²) in [5, 5.41) is 0. The van der Waals surface area contributed by atoms with Crippen molar-refractivity contribution < 1.29 is 4.74 Å². The molecule has 0 saturated carbocycles. The third-order valence-electron chi connectivity index (χ3n) is 2.91. The Morgan fingerprint density at radius 1 is 1.06 bits per heavy atom. The molecule has 2 heteroatoms. The van der Waals surface area contributed by atoms with E-state index in [-0.39, 0.29) is 6.04 Å². The largest absolute Gasteiger partial charge is 0.494 e. The Morgan fingerprint density at radius 2 is 1.78 bits per heavy atom. The van der Waals surface area contributed by atoms with Crippen molar-refractivity contribution in [3.05, 3.63) is 54.1 Å². The third kappa shape index (κ3) is 2.90. The van der Waals surface area contributed by atoms with Crippen LogP contribution in [0, 0.1) is 0 Å². The highest BCUT2D eigenvalue weighted by Gasteiger charge is 2.02. The van der Waals surface area contributed by atoms with Gasteiger partial charge in [0.15, 0.2) is 0 Å². The molecule has 94 valence electrons. The first kappa shape index (κ1) is 12.7. The lowest BCUT2D eigenvalue weighted by atomic mass is 10.0. The summed E-state index contributed by atoms with van der Waals surface area (Å²) in [6, 6.07) is 16.5. The minimum absolute atomic E-state index is 0.0626. The van der Waals surface area contributed by atoms with Gasteiger partial charge < -0.3 is 10.5 Å². The van der Waals surface area contributed by atoms with Crippen LogP contribution in [0.3, 0.4) is 0 Å². The van der Waals surface area contributed by atoms with Gasteiger partial charge >= 0.3 is 0 Å². The molecule has 0 aliphatic rings. The molecule has 0 aliphatic carbocycles. The molecule has 0 amide bonds. The van der Waals surface area contributed by atoms with Crippen molar-refractivity contribution in [2.75, 3.05) is 6.61 Å². The second kappa shape index (κ2) is 5.69. The molecule has 2 nitrogen and oxygen atoms in total. The minimum Gasteiger partial charge on any atom is -0.494 e.